The normalized spacial score (nSPS) is 11.9. The van der Waals surface area contributed by atoms with Crippen LogP contribution in [-0.4, -0.2) is 24.0 Å². The van der Waals surface area contributed by atoms with Crippen LogP contribution >= 0.6 is 67.8 Å². The Morgan fingerprint density at radius 1 is 1.38 bits per heavy atom. The van der Waals surface area contributed by atoms with Crippen molar-refractivity contribution >= 4 is 73.6 Å². The van der Waals surface area contributed by atoms with E-state index in [9.17, 15) is 4.79 Å². The monoisotopic (exact) mass is 569 g/mol. The zero-order valence-electron chi connectivity index (χ0n) is 9.17. The molecular formula is C9H18I3NO3. The van der Waals surface area contributed by atoms with E-state index in [0.29, 0.717) is 0 Å². The number of aliphatic hydroxyl groups is 1. The molecule has 0 aromatic heterocycles. The summed E-state index contributed by atoms with van der Waals surface area (Å²) < 4.78 is 0.743. The molecule has 0 rings (SSSR count). The van der Waals surface area contributed by atoms with Gasteiger partial charge < -0.3 is 5.11 Å². The highest BCUT2D eigenvalue weighted by Crippen LogP contribution is 2.16. The van der Waals surface area contributed by atoms with Crippen molar-refractivity contribution in [1.29, 1.82) is 0 Å². The van der Waals surface area contributed by atoms with Crippen molar-refractivity contribution < 1.29 is 14.7 Å². The molecule has 0 aliphatic carbocycles. The first-order chi connectivity index (χ1) is 7.45. The van der Waals surface area contributed by atoms with Gasteiger partial charge in [-0.05, 0) is 12.8 Å². The van der Waals surface area contributed by atoms with Crippen LogP contribution in [0.4, 0.5) is 0 Å². The van der Waals surface area contributed by atoms with Crippen molar-refractivity contribution in [3.05, 3.63) is 0 Å². The van der Waals surface area contributed by atoms with Gasteiger partial charge in [0.25, 0.3) is 0 Å². The number of hydrogen-bond acceptors (Lipinski definition) is 4. The minimum Gasteiger partial charge on any atom is -0.396 e. The zero-order valence-corrected chi connectivity index (χ0v) is 15.6. The number of rotatable bonds is 7. The third kappa shape index (κ3) is 18.1. The first-order valence-electron chi connectivity index (χ1n) is 4.83. The molecule has 1 atom stereocenters. The number of halogens is 3. The van der Waals surface area contributed by atoms with Gasteiger partial charge in [-0.25, -0.2) is 5.90 Å². The van der Waals surface area contributed by atoms with Gasteiger partial charge in [-0.2, -0.15) is 0 Å². The number of ketones is 1. The molecule has 98 valence electrons. The minimum absolute atomic E-state index is 0.0136. The largest absolute Gasteiger partial charge is 0.396 e. The van der Waals surface area contributed by atoms with E-state index in [-0.39, 0.29) is 24.9 Å². The molecule has 1 unspecified atom stereocenters. The quantitative estimate of drug-likeness (QED) is 0.214. The van der Waals surface area contributed by atoms with E-state index in [1.54, 1.807) is 0 Å². The van der Waals surface area contributed by atoms with Crippen LogP contribution in [-0.2, 0) is 9.63 Å². The number of aliphatic hydroxyl groups excluding tert-OH is 1. The second-order valence-electron chi connectivity index (χ2n) is 3.15. The summed E-state index contributed by atoms with van der Waals surface area (Å²) in [5.41, 5.74) is 0. The Kier molecular flexibility index (Phi) is 18.6. The summed E-state index contributed by atoms with van der Waals surface area (Å²) in [5, 5.41) is 8.49. The Balaban J connectivity index is 0. The average Bonchev–Trinajstić information content (AvgIpc) is 2.17. The molecule has 0 heterocycles. The van der Waals surface area contributed by atoms with Crippen LogP contribution in [0.25, 0.3) is 0 Å². The van der Waals surface area contributed by atoms with E-state index in [1.807, 2.05) is 6.92 Å². The van der Waals surface area contributed by atoms with E-state index in [0.717, 1.165) is 19.2 Å². The molecule has 0 fully saturated rings. The second kappa shape index (κ2) is 14.8. The smallest absolute Gasteiger partial charge is 0.163 e. The van der Waals surface area contributed by atoms with Crippen molar-refractivity contribution in [2.24, 2.45) is 11.8 Å². The maximum absolute atomic E-state index is 11.1. The van der Waals surface area contributed by atoms with Crippen LogP contribution in [0.5, 0.6) is 0 Å². The Labute approximate surface area is 138 Å². The highest BCUT2D eigenvalue weighted by Gasteiger charge is 2.11. The highest BCUT2D eigenvalue weighted by atomic mass is 127. The van der Waals surface area contributed by atoms with Gasteiger partial charge in [0.1, 0.15) is 6.54 Å². The van der Waals surface area contributed by atoms with Gasteiger partial charge in [0, 0.05) is 12.5 Å². The zero-order chi connectivity index (χ0) is 13.0. The molecule has 0 saturated carbocycles. The Hall–Kier alpha value is 1.74. The van der Waals surface area contributed by atoms with Gasteiger partial charge in [0.05, 0.1) is 0 Å². The SMILES string of the molecule is CC(CCCCO)C(=O)CON.IC(I)I. The van der Waals surface area contributed by atoms with Crippen LogP contribution < -0.4 is 5.90 Å². The van der Waals surface area contributed by atoms with Crippen molar-refractivity contribution in [1.82, 2.24) is 0 Å². The van der Waals surface area contributed by atoms with Crippen molar-refractivity contribution in [2.45, 2.75) is 26.1 Å². The number of carbonyl (C=O) groups excluding carboxylic acids is 1. The Morgan fingerprint density at radius 3 is 2.25 bits per heavy atom. The summed E-state index contributed by atoms with van der Waals surface area (Å²) in [6.45, 7) is 2.02. The molecule has 0 amide bonds. The maximum atomic E-state index is 11.1. The average molecular weight is 569 g/mol. The van der Waals surface area contributed by atoms with Crippen LogP contribution in [0.2, 0.25) is 0 Å². The lowest BCUT2D eigenvalue weighted by atomic mass is 10.00. The fraction of sp³-hybridized carbons (Fsp3) is 0.889. The van der Waals surface area contributed by atoms with Crippen molar-refractivity contribution in [3.63, 3.8) is 0 Å². The minimum atomic E-state index is -0.0138. The molecule has 0 aromatic carbocycles. The summed E-state index contributed by atoms with van der Waals surface area (Å²) in [5.74, 6) is 4.77. The predicted octanol–water partition coefficient (Wildman–Crippen LogP) is 2.82. The molecule has 0 saturated heterocycles. The molecule has 0 aliphatic heterocycles. The third-order valence-electron chi connectivity index (χ3n) is 1.82. The summed E-state index contributed by atoms with van der Waals surface area (Å²) in [4.78, 5) is 15.3. The lowest BCUT2D eigenvalue weighted by Crippen LogP contribution is -2.19. The highest BCUT2D eigenvalue weighted by molar-refractivity contribution is 14.3. The van der Waals surface area contributed by atoms with E-state index in [2.05, 4.69) is 72.6 Å². The molecule has 0 radical (unpaired) electrons. The molecule has 0 aliphatic rings. The van der Waals surface area contributed by atoms with E-state index < -0.39 is 0 Å². The van der Waals surface area contributed by atoms with Gasteiger partial charge in [-0.3, -0.25) is 9.63 Å². The predicted molar refractivity (Wildman–Crippen MR) is 91.1 cm³/mol. The molecule has 7 heteroatoms. The second-order valence-corrected chi connectivity index (χ2v) is 14.0. The molecular weight excluding hydrogens is 551 g/mol. The lowest BCUT2D eigenvalue weighted by Gasteiger charge is -2.07. The van der Waals surface area contributed by atoms with E-state index in [4.69, 9.17) is 11.0 Å². The molecule has 3 N–H and O–H groups in total. The lowest BCUT2D eigenvalue weighted by molar-refractivity contribution is -0.127. The molecule has 4 nitrogen and oxygen atoms in total. The molecule has 16 heavy (non-hydrogen) atoms. The van der Waals surface area contributed by atoms with Gasteiger partial charge in [0.15, 0.2) is 5.78 Å². The number of unbranched alkanes of at least 4 members (excludes halogenated alkanes) is 1. The van der Waals surface area contributed by atoms with Crippen LogP contribution in [0, 0.1) is 5.92 Å². The fourth-order valence-electron chi connectivity index (χ4n) is 0.948. The first kappa shape index (κ1) is 20.1. The number of alkyl halides is 3. The van der Waals surface area contributed by atoms with Gasteiger partial charge in [-0.1, -0.05) is 81.1 Å². The summed E-state index contributed by atoms with van der Waals surface area (Å²) in [7, 11) is 0. The number of carbonyl (C=O) groups is 1. The van der Waals surface area contributed by atoms with E-state index in [1.165, 1.54) is 0 Å². The summed E-state index contributed by atoms with van der Waals surface area (Å²) in [6.07, 6.45) is 2.41. The first-order valence-corrected chi connectivity index (χ1v) is 8.56. The van der Waals surface area contributed by atoms with Crippen LogP contribution in [0.15, 0.2) is 0 Å². The van der Waals surface area contributed by atoms with Gasteiger partial charge >= 0.3 is 0 Å². The Morgan fingerprint density at radius 2 is 1.88 bits per heavy atom. The van der Waals surface area contributed by atoms with Crippen molar-refractivity contribution in [3.8, 4) is 0 Å². The molecule has 0 spiro atoms. The van der Waals surface area contributed by atoms with Crippen LogP contribution in [0.1, 0.15) is 26.2 Å². The van der Waals surface area contributed by atoms with Crippen molar-refractivity contribution in [2.75, 3.05) is 13.2 Å². The van der Waals surface area contributed by atoms with E-state index >= 15 is 0 Å². The number of hydrogen-bond donors (Lipinski definition) is 2. The van der Waals surface area contributed by atoms with Crippen LogP contribution in [0.3, 0.4) is 0 Å². The number of Topliss-reactive ketones (excluding diaryl/α,β-unsaturated/α-hetero) is 1. The van der Waals surface area contributed by atoms with Gasteiger partial charge in [-0.15, -0.1) is 0 Å². The summed E-state index contributed by atoms with van der Waals surface area (Å²) in [6, 6.07) is 0. The number of nitrogens with two attached hydrogens (primary N) is 1. The molecule has 0 bridgehead atoms. The van der Waals surface area contributed by atoms with Gasteiger partial charge in [0.2, 0.25) is 0 Å². The maximum Gasteiger partial charge on any atom is 0.163 e. The molecule has 0 aromatic rings. The fourth-order valence-corrected chi connectivity index (χ4v) is 0.948. The topological polar surface area (TPSA) is 72.5 Å². The third-order valence-corrected chi connectivity index (χ3v) is 1.82. The Bertz CT molecular complexity index is 167. The standard InChI is InChI=1S/C8H17NO3.CHI3/c1-7(4-2-3-5-10)8(11)6-12-9;2-1(3)4/h7,10H,2-6,9H2,1H3;1H. The summed E-state index contributed by atoms with van der Waals surface area (Å²) >= 11 is 6.95.